The molecule has 3 rings (SSSR count). The van der Waals surface area contributed by atoms with Crippen LogP contribution in [0.15, 0.2) is 57.6 Å². The quantitative estimate of drug-likeness (QED) is 0.584. The first-order valence-electron chi connectivity index (χ1n) is 9.52. The second-order valence-corrected chi connectivity index (χ2v) is 8.13. The first-order valence-corrected chi connectivity index (χ1v) is 10.7. The van der Waals surface area contributed by atoms with Gasteiger partial charge in [-0.15, -0.1) is 0 Å². The molecule has 0 radical (unpaired) electrons. The lowest BCUT2D eigenvalue weighted by Gasteiger charge is -2.07. The van der Waals surface area contributed by atoms with Crippen LogP contribution >= 0.6 is 23.4 Å². The Balaban J connectivity index is 2.04. The largest absolute Gasteiger partial charge is 0.506 e. The summed E-state index contributed by atoms with van der Waals surface area (Å²) in [4.78, 5) is 29.4. The van der Waals surface area contributed by atoms with E-state index in [2.05, 4.69) is 4.99 Å². The second kappa shape index (κ2) is 9.93. The average molecular weight is 474 g/mol. The fourth-order valence-corrected chi connectivity index (χ4v) is 4.06. The van der Waals surface area contributed by atoms with Crippen molar-refractivity contribution in [1.82, 2.24) is 0 Å². The Bertz CT molecular complexity index is 1170. The molecular formula is C23H20ClNO6S. The highest BCUT2D eigenvalue weighted by Gasteiger charge is 2.34. The average Bonchev–Trinajstić information content (AvgIpc) is 3.05. The molecule has 2 aromatic rings. The van der Waals surface area contributed by atoms with Gasteiger partial charge in [0.05, 0.1) is 23.6 Å². The first kappa shape index (κ1) is 23.4. The number of benzene rings is 2. The van der Waals surface area contributed by atoms with E-state index in [9.17, 15) is 19.8 Å². The molecule has 0 unspecified atom stereocenters. The lowest BCUT2D eigenvalue weighted by molar-refractivity contribution is -0.138. The number of hydrogen-bond acceptors (Lipinski definition) is 7. The fourth-order valence-electron chi connectivity index (χ4n) is 2.83. The van der Waals surface area contributed by atoms with Crippen molar-refractivity contribution >= 4 is 46.4 Å². The van der Waals surface area contributed by atoms with Gasteiger partial charge in [0.1, 0.15) is 16.4 Å². The van der Waals surface area contributed by atoms with Crippen LogP contribution in [0.3, 0.4) is 0 Å². The molecule has 166 valence electrons. The van der Waals surface area contributed by atoms with Gasteiger partial charge in [0.25, 0.3) is 5.91 Å². The summed E-state index contributed by atoms with van der Waals surface area (Å²) in [6.45, 7) is 3.62. The molecule has 9 heteroatoms. The number of thioether (sulfide) groups is 1. The number of phenols is 1. The first-order chi connectivity index (χ1) is 15.2. The zero-order valence-corrected chi connectivity index (χ0v) is 19.1. The van der Waals surface area contributed by atoms with Crippen molar-refractivity contribution in [2.75, 3.05) is 13.7 Å². The SMILES string of the molecule is CCOC(=O)C1=C(O)/C(=C/c2cc(Cl)c(O)c(OC)c2)SC1=NC(=O)c1ccc(C)cc1. The number of aliphatic imine (C=N–C) groups is 1. The summed E-state index contributed by atoms with van der Waals surface area (Å²) in [5.74, 6) is -1.79. The summed E-state index contributed by atoms with van der Waals surface area (Å²) in [5.41, 5.74) is 1.63. The van der Waals surface area contributed by atoms with Gasteiger partial charge in [0.2, 0.25) is 0 Å². The topological polar surface area (TPSA) is 105 Å². The molecule has 1 heterocycles. The normalized spacial score (nSPS) is 16.0. The van der Waals surface area contributed by atoms with E-state index in [1.54, 1.807) is 31.2 Å². The molecule has 1 aliphatic heterocycles. The number of halogens is 1. The van der Waals surface area contributed by atoms with Gasteiger partial charge in [-0.3, -0.25) is 4.79 Å². The Morgan fingerprint density at radius 2 is 1.88 bits per heavy atom. The fraction of sp³-hybridized carbons (Fsp3) is 0.174. The molecule has 1 amide bonds. The van der Waals surface area contributed by atoms with Crippen LogP contribution < -0.4 is 4.74 Å². The van der Waals surface area contributed by atoms with Gasteiger partial charge in [0.15, 0.2) is 11.5 Å². The number of aliphatic hydroxyl groups is 1. The number of aliphatic hydroxyl groups excluding tert-OH is 1. The summed E-state index contributed by atoms with van der Waals surface area (Å²) in [7, 11) is 1.38. The van der Waals surface area contributed by atoms with Gasteiger partial charge in [-0.25, -0.2) is 9.79 Å². The maximum absolute atomic E-state index is 12.6. The minimum atomic E-state index is -0.794. The molecule has 0 atom stereocenters. The number of aromatic hydroxyl groups is 1. The number of nitrogens with zero attached hydrogens (tertiary/aromatic N) is 1. The zero-order valence-electron chi connectivity index (χ0n) is 17.5. The number of amides is 1. The minimum Gasteiger partial charge on any atom is -0.506 e. The Morgan fingerprint density at radius 1 is 1.19 bits per heavy atom. The zero-order chi connectivity index (χ0) is 23.4. The summed E-state index contributed by atoms with van der Waals surface area (Å²) < 4.78 is 10.1. The predicted molar refractivity (Wildman–Crippen MR) is 124 cm³/mol. The summed E-state index contributed by atoms with van der Waals surface area (Å²) in [6.07, 6.45) is 1.53. The standard InChI is InChI=1S/C23H20ClNO6S/c1-4-31-23(29)18-20(27)17(11-13-9-15(24)19(26)16(10-13)30-3)32-22(18)25-21(28)14-7-5-12(2)6-8-14/h5-11,26-27H,4H2,1-3H3/b17-11-,25-22?. The number of methoxy groups -OCH3 is 1. The van der Waals surface area contributed by atoms with Crippen LogP contribution in [0.5, 0.6) is 11.5 Å². The van der Waals surface area contributed by atoms with E-state index in [1.165, 1.54) is 25.3 Å². The highest BCUT2D eigenvalue weighted by atomic mass is 35.5. The number of ether oxygens (including phenoxy) is 2. The van der Waals surface area contributed by atoms with Crippen molar-refractivity contribution in [1.29, 1.82) is 0 Å². The van der Waals surface area contributed by atoms with Crippen molar-refractivity contribution < 1.29 is 29.3 Å². The van der Waals surface area contributed by atoms with Gasteiger partial charge in [-0.1, -0.05) is 41.1 Å². The van der Waals surface area contributed by atoms with E-state index in [1.807, 2.05) is 6.92 Å². The van der Waals surface area contributed by atoms with Crippen molar-refractivity contribution in [2.45, 2.75) is 13.8 Å². The molecule has 2 aromatic carbocycles. The molecule has 0 aromatic heterocycles. The lowest BCUT2D eigenvalue weighted by Crippen LogP contribution is -2.14. The maximum Gasteiger partial charge on any atom is 0.344 e. The minimum absolute atomic E-state index is 0.0228. The number of phenolic OH excluding ortho intramolecular Hbond substituents is 1. The van der Waals surface area contributed by atoms with Gasteiger partial charge in [-0.2, -0.15) is 0 Å². The molecule has 0 bridgehead atoms. The summed E-state index contributed by atoms with van der Waals surface area (Å²) in [5, 5.41) is 20.7. The maximum atomic E-state index is 12.6. The number of hydrogen-bond donors (Lipinski definition) is 2. The Kier molecular flexibility index (Phi) is 7.27. The number of carbonyl (C=O) groups is 2. The smallest absolute Gasteiger partial charge is 0.344 e. The lowest BCUT2D eigenvalue weighted by atomic mass is 10.1. The van der Waals surface area contributed by atoms with E-state index in [0.29, 0.717) is 11.1 Å². The molecule has 0 spiro atoms. The molecule has 0 saturated heterocycles. The van der Waals surface area contributed by atoms with E-state index in [0.717, 1.165) is 17.3 Å². The summed E-state index contributed by atoms with van der Waals surface area (Å²) >= 11 is 6.98. The van der Waals surface area contributed by atoms with Crippen LogP contribution in [0.2, 0.25) is 5.02 Å². The number of carbonyl (C=O) groups excluding carboxylic acids is 2. The predicted octanol–water partition coefficient (Wildman–Crippen LogP) is 5.06. The third kappa shape index (κ3) is 4.98. The van der Waals surface area contributed by atoms with E-state index in [-0.39, 0.29) is 44.4 Å². The third-order valence-corrected chi connectivity index (χ3v) is 5.75. The van der Waals surface area contributed by atoms with Gasteiger partial charge in [0, 0.05) is 5.56 Å². The molecule has 0 fully saturated rings. The molecular weight excluding hydrogens is 454 g/mol. The third-order valence-electron chi connectivity index (χ3n) is 4.44. The Labute approximate surface area is 194 Å². The number of aryl methyl sites for hydroxylation is 1. The number of esters is 1. The highest BCUT2D eigenvalue weighted by Crippen LogP contribution is 2.41. The molecule has 0 aliphatic carbocycles. The van der Waals surface area contributed by atoms with Crippen LogP contribution in [-0.2, 0) is 9.53 Å². The van der Waals surface area contributed by atoms with Gasteiger partial charge in [-0.05, 0) is 49.8 Å². The van der Waals surface area contributed by atoms with Crippen LogP contribution in [-0.4, -0.2) is 40.8 Å². The number of rotatable bonds is 5. The van der Waals surface area contributed by atoms with Crippen molar-refractivity contribution in [3.05, 3.63) is 74.3 Å². The monoisotopic (exact) mass is 473 g/mol. The van der Waals surface area contributed by atoms with Crippen molar-refractivity contribution in [2.24, 2.45) is 4.99 Å². The van der Waals surface area contributed by atoms with Crippen molar-refractivity contribution in [3.63, 3.8) is 0 Å². The summed E-state index contributed by atoms with van der Waals surface area (Å²) in [6, 6.07) is 9.81. The van der Waals surface area contributed by atoms with E-state index >= 15 is 0 Å². The van der Waals surface area contributed by atoms with Crippen LogP contribution in [0.4, 0.5) is 0 Å². The Hall–Kier alpha value is -3.23. The van der Waals surface area contributed by atoms with Crippen LogP contribution in [0, 0.1) is 6.92 Å². The van der Waals surface area contributed by atoms with Crippen molar-refractivity contribution in [3.8, 4) is 11.5 Å². The second-order valence-electron chi connectivity index (χ2n) is 6.70. The van der Waals surface area contributed by atoms with E-state index in [4.69, 9.17) is 21.1 Å². The molecule has 0 saturated carbocycles. The molecule has 2 N–H and O–H groups in total. The molecule has 32 heavy (non-hydrogen) atoms. The van der Waals surface area contributed by atoms with Gasteiger partial charge < -0.3 is 19.7 Å². The van der Waals surface area contributed by atoms with E-state index < -0.39 is 11.9 Å². The van der Waals surface area contributed by atoms with Crippen LogP contribution in [0.25, 0.3) is 6.08 Å². The van der Waals surface area contributed by atoms with Crippen LogP contribution in [0.1, 0.15) is 28.4 Å². The van der Waals surface area contributed by atoms with Gasteiger partial charge >= 0.3 is 5.97 Å². The highest BCUT2D eigenvalue weighted by molar-refractivity contribution is 8.18. The Morgan fingerprint density at radius 3 is 2.50 bits per heavy atom. The molecule has 1 aliphatic rings. The molecule has 7 nitrogen and oxygen atoms in total.